The molecule has 0 bridgehead atoms. The van der Waals surface area contributed by atoms with Crippen molar-refractivity contribution in [3.63, 3.8) is 0 Å². The maximum atomic E-state index is 12.5. The number of benzene rings is 2. The van der Waals surface area contributed by atoms with Crippen LogP contribution in [0, 0.1) is 19.8 Å². The minimum absolute atomic E-state index is 0.0107. The van der Waals surface area contributed by atoms with Gasteiger partial charge in [0.1, 0.15) is 18.1 Å². The topological polar surface area (TPSA) is 47.6 Å². The van der Waals surface area contributed by atoms with E-state index in [1.807, 2.05) is 44.2 Å². The molecule has 1 aliphatic heterocycles. The lowest BCUT2D eigenvalue weighted by molar-refractivity contribution is -0.121. The van der Waals surface area contributed by atoms with Gasteiger partial charge in [-0.2, -0.15) is 0 Å². The second-order valence-corrected chi connectivity index (χ2v) is 6.05. The van der Waals surface area contributed by atoms with Gasteiger partial charge in [-0.1, -0.05) is 6.07 Å². The smallest absolute Gasteiger partial charge is 0.231 e. The molecule has 3 rings (SSSR count). The summed E-state index contributed by atoms with van der Waals surface area (Å²) in [6.45, 7) is 4.44. The molecule has 120 valence electrons. The van der Waals surface area contributed by atoms with Crippen LogP contribution < -0.4 is 14.8 Å². The third-order valence-corrected chi connectivity index (χ3v) is 4.03. The van der Waals surface area contributed by atoms with E-state index in [1.165, 1.54) is 0 Å². The summed E-state index contributed by atoms with van der Waals surface area (Å²) in [5.74, 6) is 1.41. The summed E-state index contributed by atoms with van der Waals surface area (Å²) in [4.78, 5) is 12.5. The standard InChI is InChI=1S/C19H21NO3/c1-12-6-13(2)8-16(7-12)20-19(21)15-9-14-10-17(22-3)4-5-18(14)23-11-15/h4-8,10,15H,9,11H2,1-3H3,(H,20,21). The molecule has 0 spiro atoms. The highest BCUT2D eigenvalue weighted by Crippen LogP contribution is 2.31. The number of anilines is 1. The maximum Gasteiger partial charge on any atom is 0.231 e. The second-order valence-electron chi connectivity index (χ2n) is 6.05. The number of nitrogens with one attached hydrogen (secondary N) is 1. The molecular formula is C19H21NO3. The Balaban J connectivity index is 1.73. The summed E-state index contributed by atoms with van der Waals surface area (Å²) >= 11 is 0. The van der Waals surface area contributed by atoms with Crippen LogP contribution in [-0.2, 0) is 11.2 Å². The molecule has 1 atom stereocenters. The summed E-state index contributed by atoms with van der Waals surface area (Å²) in [6.07, 6.45) is 0.656. The number of hydrogen-bond acceptors (Lipinski definition) is 3. The Labute approximate surface area is 136 Å². The third-order valence-electron chi connectivity index (χ3n) is 4.03. The zero-order valence-electron chi connectivity index (χ0n) is 13.7. The van der Waals surface area contributed by atoms with Gasteiger partial charge in [0.2, 0.25) is 5.91 Å². The van der Waals surface area contributed by atoms with Gasteiger partial charge in [-0.25, -0.2) is 0 Å². The molecule has 1 N–H and O–H groups in total. The molecule has 0 saturated heterocycles. The number of methoxy groups -OCH3 is 1. The van der Waals surface area contributed by atoms with E-state index < -0.39 is 0 Å². The van der Waals surface area contributed by atoms with Crippen molar-refractivity contribution in [3.05, 3.63) is 53.1 Å². The van der Waals surface area contributed by atoms with Crippen LogP contribution >= 0.6 is 0 Å². The van der Waals surface area contributed by atoms with Gasteiger partial charge in [-0.3, -0.25) is 4.79 Å². The predicted molar refractivity (Wildman–Crippen MR) is 90.2 cm³/mol. The van der Waals surface area contributed by atoms with Gasteiger partial charge in [-0.05, 0) is 67.3 Å². The van der Waals surface area contributed by atoms with Crippen molar-refractivity contribution in [1.82, 2.24) is 0 Å². The van der Waals surface area contributed by atoms with Crippen LogP contribution in [0.25, 0.3) is 0 Å². The zero-order valence-corrected chi connectivity index (χ0v) is 13.7. The van der Waals surface area contributed by atoms with E-state index in [0.717, 1.165) is 33.9 Å². The molecule has 1 amide bonds. The van der Waals surface area contributed by atoms with Crippen molar-refractivity contribution in [2.45, 2.75) is 20.3 Å². The van der Waals surface area contributed by atoms with Gasteiger partial charge in [-0.15, -0.1) is 0 Å². The number of amides is 1. The van der Waals surface area contributed by atoms with Crippen molar-refractivity contribution < 1.29 is 14.3 Å². The molecule has 1 heterocycles. The Morgan fingerprint density at radius 3 is 2.61 bits per heavy atom. The molecular weight excluding hydrogens is 290 g/mol. The van der Waals surface area contributed by atoms with E-state index in [1.54, 1.807) is 7.11 Å². The van der Waals surface area contributed by atoms with E-state index in [-0.39, 0.29) is 11.8 Å². The minimum atomic E-state index is -0.199. The Hall–Kier alpha value is -2.49. The summed E-state index contributed by atoms with van der Waals surface area (Å²) < 4.78 is 11.0. The first-order valence-electron chi connectivity index (χ1n) is 7.74. The quantitative estimate of drug-likeness (QED) is 0.943. The molecule has 2 aromatic rings. The van der Waals surface area contributed by atoms with Crippen molar-refractivity contribution >= 4 is 11.6 Å². The summed E-state index contributed by atoms with van der Waals surface area (Å²) in [7, 11) is 1.63. The van der Waals surface area contributed by atoms with Crippen molar-refractivity contribution in [2.24, 2.45) is 5.92 Å². The Morgan fingerprint density at radius 1 is 1.17 bits per heavy atom. The summed E-state index contributed by atoms with van der Waals surface area (Å²) in [5.41, 5.74) is 4.12. The highest BCUT2D eigenvalue weighted by atomic mass is 16.5. The van der Waals surface area contributed by atoms with Crippen LogP contribution in [0.3, 0.4) is 0 Å². The lowest BCUT2D eigenvalue weighted by Gasteiger charge is -2.25. The van der Waals surface area contributed by atoms with Crippen LogP contribution in [0.5, 0.6) is 11.5 Å². The van der Waals surface area contributed by atoms with Crippen LogP contribution in [0.1, 0.15) is 16.7 Å². The molecule has 2 aromatic carbocycles. The van der Waals surface area contributed by atoms with Crippen LogP contribution in [0.15, 0.2) is 36.4 Å². The summed E-state index contributed by atoms with van der Waals surface area (Å²) in [6, 6.07) is 11.7. The number of fused-ring (bicyclic) bond motifs is 1. The molecule has 4 nitrogen and oxygen atoms in total. The normalized spacial score (nSPS) is 16.2. The number of aryl methyl sites for hydroxylation is 2. The molecule has 1 unspecified atom stereocenters. The van der Waals surface area contributed by atoms with Crippen LogP contribution in [-0.4, -0.2) is 19.6 Å². The summed E-state index contributed by atoms with van der Waals surface area (Å²) in [5, 5.41) is 3.00. The van der Waals surface area contributed by atoms with Crippen LogP contribution in [0.2, 0.25) is 0 Å². The van der Waals surface area contributed by atoms with Crippen molar-refractivity contribution in [3.8, 4) is 11.5 Å². The second kappa shape index (κ2) is 6.32. The third kappa shape index (κ3) is 3.47. The van der Waals surface area contributed by atoms with Gasteiger partial charge in [0, 0.05) is 5.69 Å². The molecule has 0 saturated carbocycles. The largest absolute Gasteiger partial charge is 0.497 e. The molecule has 0 fully saturated rings. The molecule has 0 aliphatic carbocycles. The fourth-order valence-corrected chi connectivity index (χ4v) is 2.96. The van der Waals surface area contributed by atoms with Gasteiger partial charge in [0.25, 0.3) is 0 Å². The van der Waals surface area contributed by atoms with E-state index in [0.29, 0.717) is 13.0 Å². The van der Waals surface area contributed by atoms with E-state index in [9.17, 15) is 4.79 Å². The molecule has 0 aromatic heterocycles. The molecule has 0 radical (unpaired) electrons. The first-order chi connectivity index (χ1) is 11.0. The Kier molecular flexibility index (Phi) is 4.24. The number of carbonyl (C=O) groups excluding carboxylic acids is 1. The SMILES string of the molecule is COc1ccc2c(c1)CC(C(=O)Nc1cc(C)cc(C)c1)CO2. The van der Waals surface area contributed by atoms with Gasteiger partial charge >= 0.3 is 0 Å². The first-order valence-corrected chi connectivity index (χ1v) is 7.74. The van der Waals surface area contributed by atoms with Gasteiger partial charge in [0.15, 0.2) is 0 Å². The average Bonchev–Trinajstić information content (AvgIpc) is 2.52. The average molecular weight is 311 g/mol. The maximum absolute atomic E-state index is 12.5. The van der Waals surface area contributed by atoms with Crippen molar-refractivity contribution in [2.75, 3.05) is 19.0 Å². The van der Waals surface area contributed by atoms with E-state index in [4.69, 9.17) is 9.47 Å². The molecule has 4 heteroatoms. The molecule has 23 heavy (non-hydrogen) atoms. The molecule has 1 aliphatic rings. The van der Waals surface area contributed by atoms with E-state index >= 15 is 0 Å². The number of rotatable bonds is 3. The van der Waals surface area contributed by atoms with Gasteiger partial charge < -0.3 is 14.8 Å². The Bertz CT molecular complexity index is 719. The minimum Gasteiger partial charge on any atom is -0.497 e. The lowest BCUT2D eigenvalue weighted by atomic mass is 9.95. The fraction of sp³-hybridized carbons (Fsp3) is 0.316. The van der Waals surface area contributed by atoms with E-state index in [2.05, 4.69) is 11.4 Å². The fourth-order valence-electron chi connectivity index (χ4n) is 2.96. The highest BCUT2D eigenvalue weighted by Gasteiger charge is 2.26. The predicted octanol–water partition coefficient (Wildman–Crippen LogP) is 3.50. The lowest BCUT2D eigenvalue weighted by Crippen LogP contribution is -2.32. The Morgan fingerprint density at radius 2 is 1.91 bits per heavy atom. The number of ether oxygens (including phenoxy) is 2. The number of carbonyl (C=O) groups is 1. The zero-order chi connectivity index (χ0) is 16.4. The van der Waals surface area contributed by atoms with Crippen molar-refractivity contribution in [1.29, 1.82) is 0 Å². The van der Waals surface area contributed by atoms with Crippen LogP contribution in [0.4, 0.5) is 5.69 Å². The number of hydrogen-bond donors (Lipinski definition) is 1. The monoisotopic (exact) mass is 311 g/mol. The first kappa shape index (κ1) is 15.4. The van der Waals surface area contributed by atoms with Gasteiger partial charge in [0.05, 0.1) is 13.0 Å². The highest BCUT2D eigenvalue weighted by molar-refractivity contribution is 5.93.